The molecule has 0 aliphatic heterocycles. The van der Waals surface area contributed by atoms with Gasteiger partial charge in [-0.05, 0) is 13.0 Å². The first kappa shape index (κ1) is 10.5. The second-order valence-electron chi connectivity index (χ2n) is 2.89. The summed E-state index contributed by atoms with van der Waals surface area (Å²) in [5.41, 5.74) is 4.23. The van der Waals surface area contributed by atoms with Gasteiger partial charge in [0, 0.05) is 13.6 Å². The van der Waals surface area contributed by atoms with Crippen LogP contribution in [0.4, 0.5) is 5.82 Å². The number of rotatable bonds is 4. The maximum absolute atomic E-state index is 11.2. The van der Waals surface area contributed by atoms with Crippen molar-refractivity contribution in [3.63, 3.8) is 0 Å². The lowest BCUT2D eigenvalue weighted by Gasteiger charge is -2.15. The molecule has 0 unspecified atom stereocenters. The van der Waals surface area contributed by atoms with Gasteiger partial charge in [-0.3, -0.25) is 9.78 Å². The summed E-state index contributed by atoms with van der Waals surface area (Å²) in [5, 5.41) is 5.80. The summed E-state index contributed by atoms with van der Waals surface area (Å²) >= 11 is 0. The molecule has 0 spiro atoms. The predicted molar refractivity (Wildman–Crippen MR) is 52.4 cm³/mol. The lowest BCUT2D eigenvalue weighted by Crippen LogP contribution is -2.33. The van der Waals surface area contributed by atoms with E-state index in [1.165, 1.54) is 0 Å². The van der Waals surface area contributed by atoms with Crippen molar-refractivity contribution in [3.8, 4) is 0 Å². The number of H-pyrrole nitrogens is 2. The zero-order chi connectivity index (χ0) is 10.6. The summed E-state index contributed by atoms with van der Waals surface area (Å²) < 4.78 is 0. The van der Waals surface area contributed by atoms with Crippen LogP contribution in [0.15, 0.2) is 9.59 Å². The van der Waals surface area contributed by atoms with Crippen molar-refractivity contribution in [2.45, 2.75) is 6.42 Å². The highest BCUT2D eigenvalue weighted by Crippen LogP contribution is 1.96. The summed E-state index contributed by atoms with van der Waals surface area (Å²) in [6.07, 6.45) is 0.761. The van der Waals surface area contributed by atoms with Gasteiger partial charge < -0.3 is 10.6 Å². The van der Waals surface area contributed by atoms with Crippen molar-refractivity contribution in [2.75, 3.05) is 25.0 Å². The molecule has 0 amide bonds. The Morgan fingerprint density at radius 1 is 1.50 bits per heavy atom. The minimum absolute atomic E-state index is 0.193. The van der Waals surface area contributed by atoms with Crippen LogP contribution in [0.2, 0.25) is 0 Å². The molecule has 0 saturated heterocycles. The molecule has 0 saturated carbocycles. The van der Waals surface area contributed by atoms with E-state index in [2.05, 4.69) is 15.2 Å². The molecule has 0 bridgehead atoms. The third kappa shape index (κ3) is 2.43. The summed E-state index contributed by atoms with van der Waals surface area (Å²) in [5.74, 6) is 0.193. The van der Waals surface area contributed by atoms with E-state index in [9.17, 15) is 9.59 Å². The minimum atomic E-state index is -0.606. The average molecular weight is 199 g/mol. The number of anilines is 1. The normalized spacial score (nSPS) is 10.1. The lowest BCUT2D eigenvalue weighted by atomic mass is 10.4. The Morgan fingerprint density at radius 3 is 2.79 bits per heavy atom. The second kappa shape index (κ2) is 4.56. The maximum Gasteiger partial charge on any atom is 0.342 e. The van der Waals surface area contributed by atoms with Crippen LogP contribution in [0, 0.1) is 0 Å². The van der Waals surface area contributed by atoms with Crippen molar-refractivity contribution in [3.05, 3.63) is 20.8 Å². The lowest BCUT2D eigenvalue weighted by molar-refractivity contribution is 0.759. The Bertz CT molecular complexity index is 396. The van der Waals surface area contributed by atoms with Crippen LogP contribution in [0.5, 0.6) is 0 Å². The van der Waals surface area contributed by atoms with E-state index in [1.54, 1.807) is 11.9 Å². The summed E-state index contributed by atoms with van der Waals surface area (Å²) in [4.78, 5) is 25.6. The Morgan fingerprint density at radius 2 is 2.21 bits per heavy atom. The van der Waals surface area contributed by atoms with Gasteiger partial charge in [0.2, 0.25) is 5.82 Å². The van der Waals surface area contributed by atoms with Gasteiger partial charge in [-0.2, -0.15) is 0 Å². The number of aromatic nitrogens is 3. The van der Waals surface area contributed by atoms with E-state index in [1.807, 2.05) is 0 Å². The molecular weight excluding hydrogens is 186 g/mol. The average Bonchev–Trinajstić information content (AvgIpc) is 2.14. The predicted octanol–water partition coefficient (Wildman–Crippen LogP) is -1.76. The number of aromatic amines is 2. The van der Waals surface area contributed by atoms with Crippen LogP contribution in [0.1, 0.15) is 6.42 Å². The number of nitrogens with zero attached hydrogens (tertiary/aromatic N) is 2. The smallest absolute Gasteiger partial charge is 0.342 e. The maximum atomic E-state index is 11.2. The number of hydrogen-bond acceptors (Lipinski definition) is 5. The molecule has 1 aromatic heterocycles. The molecule has 0 atom stereocenters. The van der Waals surface area contributed by atoms with Gasteiger partial charge in [-0.25, -0.2) is 9.89 Å². The van der Waals surface area contributed by atoms with Crippen LogP contribution in [-0.4, -0.2) is 35.3 Å². The van der Waals surface area contributed by atoms with Crippen molar-refractivity contribution in [2.24, 2.45) is 5.73 Å². The minimum Gasteiger partial charge on any atom is -0.354 e. The van der Waals surface area contributed by atoms with E-state index in [4.69, 9.17) is 5.73 Å². The fourth-order valence-corrected chi connectivity index (χ4v) is 1.03. The fourth-order valence-electron chi connectivity index (χ4n) is 1.03. The summed E-state index contributed by atoms with van der Waals surface area (Å²) in [6.45, 7) is 1.17. The highest BCUT2D eigenvalue weighted by molar-refractivity contribution is 5.32. The van der Waals surface area contributed by atoms with Crippen LogP contribution in [0.25, 0.3) is 0 Å². The first-order valence-electron chi connectivity index (χ1n) is 4.25. The third-order valence-electron chi connectivity index (χ3n) is 1.75. The molecule has 14 heavy (non-hydrogen) atoms. The zero-order valence-corrected chi connectivity index (χ0v) is 7.91. The van der Waals surface area contributed by atoms with Gasteiger partial charge in [0.05, 0.1) is 0 Å². The monoisotopic (exact) mass is 199 g/mol. The first-order chi connectivity index (χ1) is 6.65. The fraction of sp³-hybridized carbons (Fsp3) is 0.571. The van der Waals surface area contributed by atoms with Gasteiger partial charge in [0.15, 0.2) is 0 Å². The van der Waals surface area contributed by atoms with Gasteiger partial charge in [-0.1, -0.05) is 0 Å². The van der Waals surface area contributed by atoms with Crippen molar-refractivity contribution >= 4 is 5.82 Å². The number of nitrogens with one attached hydrogen (secondary N) is 2. The van der Waals surface area contributed by atoms with Crippen LogP contribution in [0.3, 0.4) is 0 Å². The quantitative estimate of drug-likeness (QED) is 0.532. The number of nitrogens with two attached hydrogens (primary N) is 1. The third-order valence-corrected chi connectivity index (χ3v) is 1.75. The van der Waals surface area contributed by atoms with E-state index < -0.39 is 11.2 Å². The van der Waals surface area contributed by atoms with E-state index in [0.717, 1.165) is 6.42 Å². The Hall–Kier alpha value is -1.63. The highest BCUT2D eigenvalue weighted by atomic mass is 16.2. The van der Waals surface area contributed by atoms with Crippen LogP contribution < -0.4 is 21.9 Å². The SMILES string of the molecule is CN(CCCN)c1n[nH]c(=O)[nH]c1=O. The molecule has 0 aliphatic rings. The highest BCUT2D eigenvalue weighted by Gasteiger charge is 2.06. The van der Waals surface area contributed by atoms with E-state index in [-0.39, 0.29) is 5.82 Å². The zero-order valence-electron chi connectivity index (χ0n) is 7.91. The molecule has 1 heterocycles. The number of hydrogen-bond donors (Lipinski definition) is 3. The van der Waals surface area contributed by atoms with E-state index in [0.29, 0.717) is 13.1 Å². The Balaban J connectivity index is 2.85. The molecule has 1 rings (SSSR count). The largest absolute Gasteiger partial charge is 0.354 e. The van der Waals surface area contributed by atoms with Crippen LogP contribution in [-0.2, 0) is 0 Å². The molecule has 0 aromatic carbocycles. The summed E-state index contributed by atoms with van der Waals surface area (Å²) in [7, 11) is 1.71. The Kier molecular flexibility index (Phi) is 3.41. The second-order valence-corrected chi connectivity index (χ2v) is 2.89. The molecule has 0 aliphatic carbocycles. The molecule has 7 heteroatoms. The topological polar surface area (TPSA) is 108 Å². The van der Waals surface area contributed by atoms with Gasteiger partial charge in [0.25, 0.3) is 5.56 Å². The molecule has 78 valence electrons. The summed E-state index contributed by atoms with van der Waals surface area (Å²) in [6, 6.07) is 0. The van der Waals surface area contributed by atoms with Crippen molar-refractivity contribution < 1.29 is 0 Å². The molecule has 0 fully saturated rings. The Labute approximate surface area is 79.9 Å². The molecule has 7 nitrogen and oxygen atoms in total. The molecule has 1 aromatic rings. The van der Waals surface area contributed by atoms with E-state index >= 15 is 0 Å². The molecule has 0 radical (unpaired) electrons. The van der Waals surface area contributed by atoms with Crippen molar-refractivity contribution in [1.82, 2.24) is 15.2 Å². The van der Waals surface area contributed by atoms with Crippen LogP contribution >= 0.6 is 0 Å². The van der Waals surface area contributed by atoms with Gasteiger partial charge in [-0.15, -0.1) is 5.10 Å². The standard InChI is InChI=1S/C7H13N5O2/c1-12(4-2-3-8)5-6(13)9-7(14)11-10-5/h2-4,8H2,1H3,(H2,9,11,13,14). The van der Waals surface area contributed by atoms with Crippen molar-refractivity contribution in [1.29, 1.82) is 0 Å². The molecular formula is C7H13N5O2. The first-order valence-corrected chi connectivity index (χ1v) is 4.25. The van der Waals surface area contributed by atoms with Gasteiger partial charge in [0.1, 0.15) is 0 Å². The van der Waals surface area contributed by atoms with Gasteiger partial charge >= 0.3 is 5.69 Å². The molecule has 4 N–H and O–H groups in total.